The molecule has 1 aliphatic heterocycles. The third kappa shape index (κ3) is 8.52. The van der Waals surface area contributed by atoms with E-state index in [4.69, 9.17) is 9.47 Å². The predicted molar refractivity (Wildman–Crippen MR) is 139 cm³/mol. The Morgan fingerprint density at radius 1 is 1.09 bits per heavy atom. The summed E-state index contributed by atoms with van der Waals surface area (Å²) in [6, 6.07) is 9.01. The van der Waals surface area contributed by atoms with Crippen molar-refractivity contribution in [1.29, 1.82) is 0 Å². The van der Waals surface area contributed by atoms with E-state index in [9.17, 15) is 18.3 Å². The maximum Gasteiger partial charge on any atom is 0.325 e. The molecule has 0 saturated carbocycles. The molecule has 8 nitrogen and oxygen atoms in total. The number of nitrogens with zero attached hydrogens (tertiary/aromatic N) is 1. The standard InChI is InChI=1S/C24H34N2O6S.C2H6/c1-6-24(23(27)28,16-20-10-8-7-9-11-20)25-33(29,30)26-13-12-21(14-18(2)31-4)22(17-26)15-19(3)32-5;1-2/h7-11,14-15,25H,6,12-13,16-17H2,1-5H3,(H,27,28);1-2H3/b18-14+,19-15+;. The fraction of sp³-hybridized carbons (Fsp3) is 0.500. The highest BCUT2D eigenvalue weighted by molar-refractivity contribution is 7.87. The lowest BCUT2D eigenvalue weighted by Gasteiger charge is -2.34. The van der Waals surface area contributed by atoms with E-state index in [2.05, 4.69) is 4.72 Å². The summed E-state index contributed by atoms with van der Waals surface area (Å²) in [5, 5.41) is 10.0. The fourth-order valence-electron chi connectivity index (χ4n) is 3.65. The van der Waals surface area contributed by atoms with Crippen molar-refractivity contribution in [2.75, 3.05) is 27.3 Å². The normalized spacial score (nSPS) is 17.2. The number of carboxylic acid groups (broad SMARTS) is 1. The molecule has 1 unspecified atom stereocenters. The summed E-state index contributed by atoms with van der Waals surface area (Å²) < 4.78 is 41.1. The molecule has 1 aromatic carbocycles. The van der Waals surface area contributed by atoms with Gasteiger partial charge in [-0.05, 0) is 55.6 Å². The first-order valence-electron chi connectivity index (χ1n) is 11.8. The van der Waals surface area contributed by atoms with E-state index in [-0.39, 0.29) is 25.9 Å². The Hall–Kier alpha value is -2.62. The number of benzene rings is 1. The van der Waals surface area contributed by atoms with Gasteiger partial charge in [0.1, 0.15) is 5.54 Å². The van der Waals surface area contributed by atoms with E-state index in [0.29, 0.717) is 17.9 Å². The maximum atomic E-state index is 13.4. The number of allylic oxidation sites excluding steroid dienone is 3. The van der Waals surface area contributed by atoms with Crippen LogP contribution in [0.5, 0.6) is 0 Å². The summed E-state index contributed by atoms with van der Waals surface area (Å²) in [5.74, 6) is 0.134. The summed E-state index contributed by atoms with van der Waals surface area (Å²) >= 11 is 0. The molecule has 2 rings (SSSR count). The zero-order chi connectivity index (χ0) is 26.6. The maximum absolute atomic E-state index is 13.4. The minimum Gasteiger partial charge on any atom is -0.501 e. The molecule has 0 aliphatic carbocycles. The molecule has 0 aromatic heterocycles. The number of methoxy groups -OCH3 is 2. The van der Waals surface area contributed by atoms with Gasteiger partial charge in [0.2, 0.25) is 0 Å². The lowest BCUT2D eigenvalue weighted by atomic mass is 9.89. The van der Waals surface area contributed by atoms with Crippen molar-refractivity contribution in [1.82, 2.24) is 9.03 Å². The van der Waals surface area contributed by atoms with Crippen LogP contribution in [0.1, 0.15) is 53.0 Å². The van der Waals surface area contributed by atoms with Gasteiger partial charge in [-0.15, -0.1) is 0 Å². The van der Waals surface area contributed by atoms with Gasteiger partial charge in [0.05, 0.1) is 25.7 Å². The molecule has 0 bridgehead atoms. The molecule has 0 amide bonds. The Morgan fingerprint density at radius 3 is 2.11 bits per heavy atom. The van der Waals surface area contributed by atoms with Gasteiger partial charge in [0.15, 0.2) is 0 Å². The quantitative estimate of drug-likeness (QED) is 0.429. The lowest BCUT2D eigenvalue weighted by Crippen LogP contribution is -2.59. The Kier molecular flexibility index (Phi) is 12.2. The molecule has 1 aromatic rings. The summed E-state index contributed by atoms with van der Waals surface area (Å²) in [5.41, 5.74) is 0.795. The second kappa shape index (κ2) is 14.1. The first kappa shape index (κ1) is 30.4. The third-order valence-electron chi connectivity index (χ3n) is 5.81. The molecule has 35 heavy (non-hydrogen) atoms. The highest BCUT2D eigenvalue weighted by atomic mass is 32.2. The van der Waals surface area contributed by atoms with Crippen molar-refractivity contribution in [3.63, 3.8) is 0 Å². The monoisotopic (exact) mass is 508 g/mol. The Balaban J connectivity index is 0.00000298. The topological polar surface area (TPSA) is 105 Å². The molecular weight excluding hydrogens is 468 g/mol. The summed E-state index contributed by atoms with van der Waals surface area (Å²) in [6.45, 7) is 9.59. The van der Waals surface area contributed by atoms with Crippen LogP contribution in [0.4, 0.5) is 0 Å². The van der Waals surface area contributed by atoms with E-state index in [0.717, 1.165) is 16.7 Å². The molecular formula is C26H40N2O6S. The summed E-state index contributed by atoms with van der Waals surface area (Å²) in [7, 11) is -0.978. The molecule has 1 aliphatic rings. The largest absolute Gasteiger partial charge is 0.501 e. The number of carboxylic acids is 1. The van der Waals surface area contributed by atoms with Crippen molar-refractivity contribution < 1.29 is 27.8 Å². The van der Waals surface area contributed by atoms with Gasteiger partial charge in [0, 0.05) is 19.5 Å². The molecule has 1 heterocycles. The van der Waals surface area contributed by atoms with Gasteiger partial charge in [-0.1, -0.05) is 51.1 Å². The third-order valence-corrected chi connectivity index (χ3v) is 7.45. The van der Waals surface area contributed by atoms with Gasteiger partial charge in [-0.25, -0.2) is 0 Å². The minimum atomic E-state index is -4.10. The van der Waals surface area contributed by atoms with E-state index in [1.165, 1.54) is 4.31 Å². The number of aliphatic carboxylic acids is 1. The number of nitrogens with one attached hydrogen (secondary N) is 1. The van der Waals surface area contributed by atoms with E-state index in [1.54, 1.807) is 58.4 Å². The van der Waals surface area contributed by atoms with Crippen LogP contribution < -0.4 is 4.72 Å². The van der Waals surface area contributed by atoms with Gasteiger partial charge < -0.3 is 14.6 Å². The van der Waals surface area contributed by atoms with Crippen molar-refractivity contribution >= 4 is 16.2 Å². The molecule has 196 valence electrons. The Labute approximate surface area is 210 Å². The molecule has 0 spiro atoms. The van der Waals surface area contributed by atoms with E-state index in [1.807, 2.05) is 32.9 Å². The Morgan fingerprint density at radius 2 is 1.63 bits per heavy atom. The summed E-state index contributed by atoms with van der Waals surface area (Å²) in [6.07, 6.45) is 4.27. The minimum absolute atomic E-state index is 0.0408. The van der Waals surface area contributed by atoms with Crippen molar-refractivity contribution in [2.24, 2.45) is 0 Å². The van der Waals surface area contributed by atoms with E-state index < -0.39 is 21.7 Å². The average molecular weight is 509 g/mol. The average Bonchev–Trinajstić information content (AvgIpc) is 2.85. The van der Waals surface area contributed by atoms with Crippen molar-refractivity contribution in [3.8, 4) is 0 Å². The zero-order valence-corrected chi connectivity index (χ0v) is 22.7. The van der Waals surface area contributed by atoms with Crippen LogP contribution in [0.15, 0.2) is 65.1 Å². The van der Waals surface area contributed by atoms with Crippen LogP contribution in [-0.4, -0.2) is 56.6 Å². The van der Waals surface area contributed by atoms with Crippen LogP contribution in [0, 0.1) is 0 Å². The molecule has 2 N–H and O–H groups in total. The first-order valence-corrected chi connectivity index (χ1v) is 13.2. The number of hydrogen-bond donors (Lipinski definition) is 2. The second-order valence-corrected chi connectivity index (χ2v) is 9.73. The van der Waals surface area contributed by atoms with Crippen molar-refractivity contribution in [3.05, 3.63) is 70.7 Å². The number of carbonyl (C=O) groups is 1. The fourth-order valence-corrected chi connectivity index (χ4v) is 5.22. The first-order chi connectivity index (χ1) is 16.6. The molecule has 0 fully saturated rings. The molecule has 0 saturated heterocycles. The highest BCUT2D eigenvalue weighted by Gasteiger charge is 2.43. The van der Waals surface area contributed by atoms with Gasteiger partial charge >= 0.3 is 5.97 Å². The highest BCUT2D eigenvalue weighted by Crippen LogP contribution is 2.26. The zero-order valence-electron chi connectivity index (χ0n) is 21.9. The van der Waals surface area contributed by atoms with Crippen LogP contribution in [0.2, 0.25) is 0 Å². The molecule has 0 radical (unpaired) electrons. The SMILES string of the molecule is CC.CCC(Cc1ccccc1)(NS(=O)(=O)N1CCC(/C=C(\C)OC)=C(/C=C(\C)OC)C1)C(=O)O. The van der Waals surface area contributed by atoms with Gasteiger partial charge in [-0.2, -0.15) is 17.4 Å². The number of rotatable bonds is 11. The van der Waals surface area contributed by atoms with E-state index >= 15 is 0 Å². The van der Waals surface area contributed by atoms with Crippen LogP contribution in [0.3, 0.4) is 0 Å². The van der Waals surface area contributed by atoms with Gasteiger partial charge in [-0.3, -0.25) is 4.79 Å². The van der Waals surface area contributed by atoms with Crippen LogP contribution >= 0.6 is 0 Å². The summed E-state index contributed by atoms with van der Waals surface area (Å²) in [4.78, 5) is 12.3. The van der Waals surface area contributed by atoms with Gasteiger partial charge in [0.25, 0.3) is 10.2 Å². The number of ether oxygens (including phenoxy) is 2. The number of hydrogen-bond acceptors (Lipinski definition) is 5. The molecule has 1 atom stereocenters. The van der Waals surface area contributed by atoms with Crippen LogP contribution in [0.25, 0.3) is 0 Å². The van der Waals surface area contributed by atoms with Crippen LogP contribution in [-0.2, 0) is 30.9 Å². The lowest BCUT2D eigenvalue weighted by molar-refractivity contribution is -0.144. The van der Waals surface area contributed by atoms with Crippen molar-refractivity contribution in [2.45, 2.75) is 59.4 Å². The smallest absolute Gasteiger partial charge is 0.325 e. The Bertz CT molecular complexity index is 1030. The molecule has 9 heteroatoms. The second-order valence-electron chi connectivity index (χ2n) is 8.06. The predicted octanol–water partition coefficient (Wildman–Crippen LogP) is 4.43.